The van der Waals surface area contributed by atoms with Gasteiger partial charge in [-0.3, -0.25) is 0 Å². The molecule has 0 heterocycles. The Bertz CT molecular complexity index is 329. The molecule has 3 rings (SSSR count). The molecule has 0 unspecified atom stereocenters. The maximum absolute atomic E-state index is 3.71. The third kappa shape index (κ3) is 2.46. The van der Waals surface area contributed by atoms with Gasteiger partial charge < -0.3 is 5.32 Å². The van der Waals surface area contributed by atoms with Crippen LogP contribution in [0.15, 0.2) is 24.3 Å². The highest BCUT2D eigenvalue weighted by Crippen LogP contribution is 2.33. The smallest absolute Gasteiger partial charge is 0.0148 e. The van der Waals surface area contributed by atoms with Gasteiger partial charge in [0.15, 0.2) is 0 Å². The molecule has 0 spiro atoms. The SMILES string of the molecule is c1ccc2c(c1)CC(NCCCC1CC1)C2. The van der Waals surface area contributed by atoms with Gasteiger partial charge in [0.05, 0.1) is 0 Å². The van der Waals surface area contributed by atoms with E-state index < -0.39 is 0 Å². The van der Waals surface area contributed by atoms with E-state index in [1.54, 1.807) is 11.1 Å². The molecule has 1 aromatic rings. The minimum Gasteiger partial charge on any atom is -0.313 e. The summed E-state index contributed by atoms with van der Waals surface area (Å²) in [5, 5.41) is 3.71. The molecule has 0 radical (unpaired) electrons. The lowest BCUT2D eigenvalue weighted by Crippen LogP contribution is -2.30. The molecule has 1 heteroatoms. The van der Waals surface area contributed by atoms with Crippen LogP contribution in [-0.4, -0.2) is 12.6 Å². The van der Waals surface area contributed by atoms with Crippen molar-refractivity contribution in [1.29, 1.82) is 0 Å². The summed E-state index contributed by atoms with van der Waals surface area (Å²) in [5.41, 5.74) is 3.12. The molecule has 0 bridgehead atoms. The zero-order chi connectivity index (χ0) is 10.8. The monoisotopic (exact) mass is 215 g/mol. The second kappa shape index (κ2) is 4.58. The summed E-state index contributed by atoms with van der Waals surface area (Å²) in [4.78, 5) is 0. The summed E-state index contributed by atoms with van der Waals surface area (Å²) in [5.74, 6) is 1.09. The van der Waals surface area contributed by atoms with Crippen molar-refractivity contribution < 1.29 is 0 Å². The van der Waals surface area contributed by atoms with Crippen LogP contribution in [0, 0.1) is 5.92 Å². The van der Waals surface area contributed by atoms with E-state index in [1.807, 2.05) is 0 Å². The fourth-order valence-electron chi connectivity index (χ4n) is 2.81. The minimum absolute atomic E-state index is 0.705. The van der Waals surface area contributed by atoms with Gasteiger partial charge in [0, 0.05) is 6.04 Å². The van der Waals surface area contributed by atoms with E-state index in [-0.39, 0.29) is 0 Å². The first-order chi connectivity index (χ1) is 7.92. The van der Waals surface area contributed by atoms with Gasteiger partial charge in [0.2, 0.25) is 0 Å². The largest absolute Gasteiger partial charge is 0.313 e. The van der Waals surface area contributed by atoms with Gasteiger partial charge in [0.25, 0.3) is 0 Å². The number of rotatable bonds is 5. The standard InChI is InChI=1S/C15H21N/c1-2-6-14-11-15(10-13(14)5-1)16-9-3-4-12-7-8-12/h1-2,5-6,12,15-16H,3-4,7-11H2. The Balaban J connectivity index is 1.41. The number of benzene rings is 1. The summed E-state index contributed by atoms with van der Waals surface area (Å²) in [6.07, 6.45) is 8.28. The predicted molar refractivity (Wildman–Crippen MR) is 67.6 cm³/mol. The second-order valence-electron chi connectivity index (χ2n) is 5.41. The quantitative estimate of drug-likeness (QED) is 0.745. The van der Waals surface area contributed by atoms with Crippen molar-refractivity contribution >= 4 is 0 Å². The van der Waals surface area contributed by atoms with Gasteiger partial charge in [-0.25, -0.2) is 0 Å². The van der Waals surface area contributed by atoms with E-state index in [0.29, 0.717) is 6.04 Å². The van der Waals surface area contributed by atoms with E-state index in [2.05, 4.69) is 29.6 Å². The molecule has 1 nitrogen and oxygen atoms in total. The van der Waals surface area contributed by atoms with Crippen molar-refractivity contribution in [2.75, 3.05) is 6.54 Å². The Morgan fingerprint density at radius 2 is 1.75 bits per heavy atom. The van der Waals surface area contributed by atoms with Crippen LogP contribution >= 0.6 is 0 Å². The molecule has 0 amide bonds. The highest BCUT2D eigenvalue weighted by Gasteiger charge is 2.22. The lowest BCUT2D eigenvalue weighted by Gasteiger charge is -2.11. The molecule has 1 aromatic carbocycles. The summed E-state index contributed by atoms with van der Waals surface area (Å²) in [6, 6.07) is 9.59. The van der Waals surface area contributed by atoms with Gasteiger partial charge in [-0.1, -0.05) is 37.1 Å². The molecule has 1 N–H and O–H groups in total. The van der Waals surface area contributed by atoms with E-state index >= 15 is 0 Å². The first-order valence-corrected chi connectivity index (χ1v) is 6.72. The minimum atomic E-state index is 0.705. The fraction of sp³-hybridized carbons (Fsp3) is 0.600. The average Bonchev–Trinajstić information content (AvgIpc) is 3.03. The number of nitrogens with one attached hydrogen (secondary N) is 1. The van der Waals surface area contributed by atoms with Crippen LogP contribution in [0.1, 0.15) is 36.8 Å². The van der Waals surface area contributed by atoms with Gasteiger partial charge in [-0.2, -0.15) is 0 Å². The lowest BCUT2D eigenvalue weighted by molar-refractivity contribution is 0.506. The normalized spacial score (nSPS) is 20.0. The van der Waals surface area contributed by atoms with Crippen molar-refractivity contribution in [1.82, 2.24) is 5.32 Å². The van der Waals surface area contributed by atoms with Gasteiger partial charge in [-0.05, 0) is 49.3 Å². The fourth-order valence-corrected chi connectivity index (χ4v) is 2.81. The Kier molecular flexibility index (Phi) is 2.96. The van der Waals surface area contributed by atoms with E-state index in [0.717, 1.165) is 5.92 Å². The van der Waals surface area contributed by atoms with Crippen LogP contribution in [0.25, 0.3) is 0 Å². The van der Waals surface area contributed by atoms with Crippen molar-refractivity contribution in [3.05, 3.63) is 35.4 Å². The number of hydrogen-bond acceptors (Lipinski definition) is 1. The third-order valence-corrected chi connectivity index (χ3v) is 3.97. The highest BCUT2D eigenvalue weighted by atomic mass is 14.9. The van der Waals surface area contributed by atoms with E-state index in [9.17, 15) is 0 Å². The van der Waals surface area contributed by atoms with Gasteiger partial charge in [0.1, 0.15) is 0 Å². The molecule has 1 saturated carbocycles. The summed E-state index contributed by atoms with van der Waals surface area (Å²) in [7, 11) is 0. The van der Waals surface area contributed by atoms with Crippen molar-refractivity contribution in [3.63, 3.8) is 0 Å². The maximum Gasteiger partial charge on any atom is 0.0148 e. The molecule has 16 heavy (non-hydrogen) atoms. The molecule has 0 atom stereocenters. The molecule has 0 aliphatic heterocycles. The van der Waals surface area contributed by atoms with Crippen molar-refractivity contribution in [2.45, 2.75) is 44.6 Å². The first kappa shape index (κ1) is 10.3. The third-order valence-electron chi connectivity index (χ3n) is 3.97. The Labute approximate surface area is 98.3 Å². The lowest BCUT2D eigenvalue weighted by atomic mass is 10.1. The van der Waals surface area contributed by atoms with E-state index in [4.69, 9.17) is 0 Å². The zero-order valence-corrected chi connectivity index (χ0v) is 9.91. The zero-order valence-electron chi connectivity index (χ0n) is 9.91. The number of fused-ring (bicyclic) bond motifs is 1. The van der Waals surface area contributed by atoms with Crippen LogP contribution in [0.2, 0.25) is 0 Å². The number of hydrogen-bond donors (Lipinski definition) is 1. The topological polar surface area (TPSA) is 12.0 Å². The Morgan fingerprint density at radius 3 is 2.38 bits per heavy atom. The van der Waals surface area contributed by atoms with Crippen LogP contribution in [-0.2, 0) is 12.8 Å². The van der Waals surface area contributed by atoms with Crippen LogP contribution in [0.4, 0.5) is 0 Å². The van der Waals surface area contributed by atoms with Crippen molar-refractivity contribution in [2.24, 2.45) is 5.92 Å². The van der Waals surface area contributed by atoms with Gasteiger partial charge in [-0.15, -0.1) is 0 Å². The molecule has 0 saturated heterocycles. The Hall–Kier alpha value is -0.820. The molecule has 2 aliphatic rings. The molecule has 86 valence electrons. The molecular formula is C15H21N. The highest BCUT2D eigenvalue weighted by molar-refractivity contribution is 5.33. The Morgan fingerprint density at radius 1 is 1.06 bits per heavy atom. The van der Waals surface area contributed by atoms with Crippen LogP contribution < -0.4 is 5.32 Å². The predicted octanol–water partition coefficient (Wildman–Crippen LogP) is 2.93. The maximum atomic E-state index is 3.71. The molecule has 0 aromatic heterocycles. The van der Waals surface area contributed by atoms with Crippen LogP contribution in [0.3, 0.4) is 0 Å². The second-order valence-corrected chi connectivity index (χ2v) is 5.41. The molecular weight excluding hydrogens is 194 g/mol. The van der Waals surface area contributed by atoms with Crippen molar-refractivity contribution in [3.8, 4) is 0 Å². The van der Waals surface area contributed by atoms with Crippen LogP contribution in [0.5, 0.6) is 0 Å². The molecule has 1 fully saturated rings. The summed E-state index contributed by atoms with van der Waals surface area (Å²) >= 11 is 0. The first-order valence-electron chi connectivity index (χ1n) is 6.72. The summed E-state index contributed by atoms with van der Waals surface area (Å²) in [6.45, 7) is 1.22. The summed E-state index contributed by atoms with van der Waals surface area (Å²) < 4.78 is 0. The van der Waals surface area contributed by atoms with Gasteiger partial charge >= 0.3 is 0 Å². The van der Waals surface area contributed by atoms with E-state index in [1.165, 1.54) is 45.1 Å². The average molecular weight is 215 g/mol. The molecule has 2 aliphatic carbocycles.